The summed E-state index contributed by atoms with van der Waals surface area (Å²) < 4.78 is 0. The van der Waals surface area contributed by atoms with E-state index in [4.69, 9.17) is 34.8 Å². The van der Waals surface area contributed by atoms with Crippen molar-refractivity contribution in [2.45, 2.75) is 0 Å². The Kier molecular flexibility index (Phi) is 8.11. The lowest BCUT2D eigenvalue weighted by Gasteiger charge is -2.09. The van der Waals surface area contributed by atoms with Crippen LogP contribution >= 0.6 is 34.8 Å². The number of hydrogen-bond acceptors (Lipinski definition) is 3. The molecule has 0 atom stereocenters. The molecule has 0 saturated carbocycles. The third kappa shape index (κ3) is 6.47. The largest absolute Gasteiger partial charge is 0.350 e. The Balaban J connectivity index is 1.48. The summed E-state index contributed by atoms with van der Waals surface area (Å²) >= 11 is 17.8. The third-order valence-corrected chi connectivity index (χ3v) is 5.11. The molecule has 3 amide bonds. The van der Waals surface area contributed by atoms with Crippen molar-refractivity contribution in [3.05, 3.63) is 98.5 Å². The van der Waals surface area contributed by atoms with E-state index >= 15 is 0 Å². The summed E-state index contributed by atoms with van der Waals surface area (Å²) in [6, 6.07) is 17.7. The fraction of sp³-hybridized carbons (Fsp3) is 0.0870. The first-order valence-corrected chi connectivity index (χ1v) is 10.7. The summed E-state index contributed by atoms with van der Waals surface area (Å²) in [7, 11) is 0. The lowest BCUT2D eigenvalue weighted by molar-refractivity contribution is 0.0927. The fourth-order valence-corrected chi connectivity index (χ4v) is 3.54. The van der Waals surface area contributed by atoms with Gasteiger partial charge in [-0.15, -0.1) is 0 Å². The highest BCUT2D eigenvalue weighted by Crippen LogP contribution is 2.20. The topological polar surface area (TPSA) is 87.3 Å². The number of amides is 3. The van der Waals surface area contributed by atoms with Crippen LogP contribution in [0.4, 0.5) is 5.69 Å². The SMILES string of the molecule is O=C(NCCNC(=O)c1ccccc1Cl)c1ccc(NC(=O)c2cc(Cl)cc(Cl)c2)cc1. The summed E-state index contributed by atoms with van der Waals surface area (Å²) in [6.45, 7) is 0.481. The molecule has 0 fully saturated rings. The number of halogens is 3. The Morgan fingerprint density at radius 2 is 1.25 bits per heavy atom. The monoisotopic (exact) mass is 489 g/mol. The zero-order valence-electron chi connectivity index (χ0n) is 16.6. The summed E-state index contributed by atoms with van der Waals surface area (Å²) in [6.07, 6.45) is 0. The average Bonchev–Trinajstić information content (AvgIpc) is 2.76. The molecule has 0 aliphatic rings. The van der Waals surface area contributed by atoms with E-state index in [0.717, 1.165) is 0 Å². The van der Waals surface area contributed by atoms with Gasteiger partial charge < -0.3 is 16.0 Å². The first-order chi connectivity index (χ1) is 15.3. The van der Waals surface area contributed by atoms with E-state index in [0.29, 0.717) is 37.4 Å². The van der Waals surface area contributed by atoms with Gasteiger partial charge in [-0.2, -0.15) is 0 Å². The maximum atomic E-state index is 12.3. The molecule has 3 rings (SSSR count). The van der Waals surface area contributed by atoms with Crippen molar-refractivity contribution in [2.24, 2.45) is 0 Å². The Morgan fingerprint density at radius 3 is 1.88 bits per heavy atom. The minimum Gasteiger partial charge on any atom is -0.350 e. The van der Waals surface area contributed by atoms with Crippen LogP contribution < -0.4 is 16.0 Å². The summed E-state index contributed by atoms with van der Waals surface area (Å²) in [5, 5.41) is 9.21. The second kappa shape index (κ2) is 11.0. The molecule has 0 aromatic heterocycles. The van der Waals surface area contributed by atoms with Gasteiger partial charge in [0.05, 0.1) is 10.6 Å². The van der Waals surface area contributed by atoms with Crippen molar-refractivity contribution in [3.8, 4) is 0 Å². The van der Waals surface area contributed by atoms with Gasteiger partial charge in [-0.05, 0) is 54.6 Å². The third-order valence-electron chi connectivity index (χ3n) is 4.34. The molecule has 0 aliphatic carbocycles. The van der Waals surface area contributed by atoms with Crippen molar-refractivity contribution < 1.29 is 14.4 Å². The van der Waals surface area contributed by atoms with E-state index < -0.39 is 0 Å². The predicted octanol–water partition coefficient (Wildman–Crippen LogP) is 5.06. The lowest BCUT2D eigenvalue weighted by Crippen LogP contribution is -2.34. The van der Waals surface area contributed by atoms with Crippen LogP contribution in [0.15, 0.2) is 66.7 Å². The molecule has 164 valence electrons. The fourth-order valence-electron chi connectivity index (χ4n) is 2.79. The number of carbonyl (C=O) groups is 3. The van der Waals surface area contributed by atoms with Crippen LogP contribution in [0.25, 0.3) is 0 Å². The maximum absolute atomic E-state index is 12.3. The smallest absolute Gasteiger partial charge is 0.255 e. The van der Waals surface area contributed by atoms with Crippen molar-refractivity contribution in [3.63, 3.8) is 0 Å². The van der Waals surface area contributed by atoms with E-state index in [1.54, 1.807) is 48.5 Å². The second-order valence-corrected chi connectivity index (χ2v) is 7.96. The minimum atomic E-state index is -0.374. The van der Waals surface area contributed by atoms with Crippen molar-refractivity contribution in [1.82, 2.24) is 10.6 Å². The number of benzene rings is 3. The molecular weight excluding hydrogens is 473 g/mol. The van der Waals surface area contributed by atoms with Gasteiger partial charge >= 0.3 is 0 Å². The van der Waals surface area contributed by atoms with Crippen LogP contribution in [0.5, 0.6) is 0 Å². The lowest BCUT2D eigenvalue weighted by atomic mass is 10.1. The highest BCUT2D eigenvalue weighted by molar-refractivity contribution is 6.35. The van der Waals surface area contributed by atoms with E-state index in [2.05, 4.69) is 16.0 Å². The molecule has 0 unspecified atom stereocenters. The van der Waals surface area contributed by atoms with Crippen LogP contribution in [0.2, 0.25) is 15.1 Å². The first kappa shape index (κ1) is 23.6. The average molecular weight is 491 g/mol. The minimum absolute atomic E-state index is 0.239. The molecule has 3 aromatic rings. The second-order valence-electron chi connectivity index (χ2n) is 6.68. The van der Waals surface area contributed by atoms with Crippen LogP contribution in [0.1, 0.15) is 31.1 Å². The van der Waals surface area contributed by atoms with Gasteiger partial charge in [-0.1, -0.05) is 46.9 Å². The summed E-state index contributed by atoms with van der Waals surface area (Å²) in [5.74, 6) is -0.997. The summed E-state index contributed by atoms with van der Waals surface area (Å²) in [4.78, 5) is 36.7. The van der Waals surface area contributed by atoms with Gasteiger partial charge in [-0.3, -0.25) is 14.4 Å². The van der Waals surface area contributed by atoms with Crippen LogP contribution in [0.3, 0.4) is 0 Å². The molecule has 9 heteroatoms. The zero-order chi connectivity index (χ0) is 23.1. The highest BCUT2D eigenvalue weighted by atomic mass is 35.5. The van der Waals surface area contributed by atoms with Crippen LogP contribution in [-0.2, 0) is 0 Å². The number of carbonyl (C=O) groups excluding carboxylic acids is 3. The molecule has 0 radical (unpaired) electrons. The van der Waals surface area contributed by atoms with Crippen LogP contribution in [0, 0.1) is 0 Å². The van der Waals surface area contributed by atoms with Gasteiger partial charge in [0.25, 0.3) is 17.7 Å². The van der Waals surface area contributed by atoms with Gasteiger partial charge in [0, 0.05) is 39.9 Å². The quantitative estimate of drug-likeness (QED) is 0.405. The molecule has 0 saturated heterocycles. The molecule has 6 nitrogen and oxygen atoms in total. The molecule has 0 aliphatic heterocycles. The van der Waals surface area contributed by atoms with Gasteiger partial charge in [-0.25, -0.2) is 0 Å². The predicted molar refractivity (Wildman–Crippen MR) is 127 cm³/mol. The van der Waals surface area contributed by atoms with Crippen LogP contribution in [-0.4, -0.2) is 30.8 Å². The Morgan fingerprint density at radius 1 is 0.656 bits per heavy atom. The van der Waals surface area contributed by atoms with E-state index in [-0.39, 0.29) is 30.8 Å². The molecule has 3 N–H and O–H groups in total. The zero-order valence-corrected chi connectivity index (χ0v) is 18.9. The van der Waals surface area contributed by atoms with Crippen molar-refractivity contribution in [1.29, 1.82) is 0 Å². The Labute approximate surface area is 199 Å². The molecule has 0 bridgehead atoms. The normalized spacial score (nSPS) is 10.3. The molecular formula is C23H18Cl3N3O3. The first-order valence-electron chi connectivity index (χ1n) is 9.52. The number of rotatable bonds is 7. The van der Waals surface area contributed by atoms with E-state index in [9.17, 15) is 14.4 Å². The van der Waals surface area contributed by atoms with E-state index in [1.807, 2.05) is 0 Å². The van der Waals surface area contributed by atoms with Gasteiger partial charge in [0.1, 0.15) is 0 Å². The molecule has 0 spiro atoms. The Bertz CT molecular complexity index is 1130. The van der Waals surface area contributed by atoms with Crippen molar-refractivity contribution in [2.75, 3.05) is 18.4 Å². The van der Waals surface area contributed by atoms with E-state index in [1.165, 1.54) is 18.2 Å². The standard InChI is InChI=1S/C23H18Cl3N3O3/c24-16-11-15(12-17(25)13-16)22(31)29-18-7-5-14(6-8-18)21(30)27-9-10-28-23(32)19-3-1-2-4-20(19)26/h1-8,11-13H,9-10H2,(H,27,30)(H,28,32)(H,29,31). The maximum Gasteiger partial charge on any atom is 0.255 e. The van der Waals surface area contributed by atoms with Gasteiger partial charge in [0.15, 0.2) is 0 Å². The van der Waals surface area contributed by atoms with Gasteiger partial charge in [0.2, 0.25) is 0 Å². The number of nitrogens with one attached hydrogen (secondary N) is 3. The Hall–Kier alpha value is -3.06. The number of anilines is 1. The highest BCUT2D eigenvalue weighted by Gasteiger charge is 2.11. The van der Waals surface area contributed by atoms with Crippen molar-refractivity contribution >= 4 is 58.2 Å². The number of hydrogen-bond donors (Lipinski definition) is 3. The molecule has 32 heavy (non-hydrogen) atoms. The summed E-state index contributed by atoms with van der Waals surface area (Å²) in [5.41, 5.74) is 1.61. The molecule has 3 aromatic carbocycles. The molecule has 0 heterocycles.